The Hall–Kier alpha value is -0.340. The van der Waals surface area contributed by atoms with E-state index in [1.165, 1.54) is 51.4 Å². The summed E-state index contributed by atoms with van der Waals surface area (Å²) in [5, 5.41) is 21.9. The van der Waals surface area contributed by atoms with E-state index in [1.54, 1.807) is 5.57 Å². The van der Waals surface area contributed by atoms with Gasteiger partial charge in [-0.05, 0) is 105 Å². The molecule has 0 aromatic heterocycles. The van der Waals surface area contributed by atoms with Gasteiger partial charge < -0.3 is 10.2 Å². The average Bonchev–Trinajstić information content (AvgIpc) is 3.06. The summed E-state index contributed by atoms with van der Waals surface area (Å²) >= 11 is 0. The van der Waals surface area contributed by atoms with Gasteiger partial charge in [-0.15, -0.1) is 0 Å². The number of allylic oxidation sites excluding steroid dienone is 1. The summed E-state index contributed by atoms with van der Waals surface area (Å²) in [5.41, 5.74) is 1.67. The molecule has 0 saturated heterocycles. The Morgan fingerprint density at radius 1 is 1.13 bits per heavy atom. The molecular formula is C28H48O2. The van der Waals surface area contributed by atoms with E-state index in [0.29, 0.717) is 16.7 Å². The fourth-order valence-corrected chi connectivity index (χ4v) is 8.85. The van der Waals surface area contributed by atoms with Crippen LogP contribution in [0.15, 0.2) is 11.6 Å². The van der Waals surface area contributed by atoms with Crippen molar-refractivity contribution in [2.45, 2.75) is 123 Å². The van der Waals surface area contributed by atoms with Gasteiger partial charge in [0, 0.05) is 0 Å². The average molecular weight is 417 g/mol. The zero-order valence-electron chi connectivity index (χ0n) is 20.4. The van der Waals surface area contributed by atoms with E-state index < -0.39 is 5.60 Å². The zero-order chi connectivity index (χ0) is 21.7. The van der Waals surface area contributed by atoms with Crippen molar-refractivity contribution in [3.05, 3.63) is 11.6 Å². The SMILES string of the molecule is CCC(C)CCC[C@](C)(O)[C@H]1CC[C@H]2[C@@H]3CC=C4C[C@@H](O)CC[C@]4(C)[C@H]3CC[C@@]21C. The van der Waals surface area contributed by atoms with Gasteiger partial charge in [-0.2, -0.15) is 0 Å². The topological polar surface area (TPSA) is 40.5 Å². The zero-order valence-corrected chi connectivity index (χ0v) is 20.4. The molecule has 0 heterocycles. The van der Waals surface area contributed by atoms with E-state index in [0.717, 1.165) is 49.4 Å². The maximum absolute atomic E-state index is 11.6. The molecule has 0 radical (unpaired) electrons. The fourth-order valence-electron chi connectivity index (χ4n) is 8.85. The van der Waals surface area contributed by atoms with Crippen molar-refractivity contribution in [3.63, 3.8) is 0 Å². The van der Waals surface area contributed by atoms with Crippen LogP contribution in [0.3, 0.4) is 0 Å². The van der Waals surface area contributed by atoms with Gasteiger partial charge in [0.25, 0.3) is 0 Å². The van der Waals surface area contributed by atoms with Crippen molar-refractivity contribution in [2.75, 3.05) is 0 Å². The van der Waals surface area contributed by atoms with Gasteiger partial charge in [-0.25, -0.2) is 0 Å². The smallest absolute Gasteiger partial charge is 0.0653 e. The molecule has 0 spiro atoms. The van der Waals surface area contributed by atoms with Crippen LogP contribution < -0.4 is 0 Å². The Labute approximate surface area is 185 Å². The molecule has 9 atom stereocenters. The van der Waals surface area contributed by atoms with Crippen molar-refractivity contribution in [1.29, 1.82) is 0 Å². The quantitative estimate of drug-likeness (QED) is 0.463. The molecule has 2 nitrogen and oxygen atoms in total. The number of rotatable bonds is 6. The van der Waals surface area contributed by atoms with E-state index in [1.807, 2.05) is 0 Å². The fraction of sp³-hybridized carbons (Fsp3) is 0.929. The van der Waals surface area contributed by atoms with Crippen LogP contribution in [0.1, 0.15) is 112 Å². The molecule has 2 heteroatoms. The number of hydrogen-bond donors (Lipinski definition) is 2. The molecule has 4 rings (SSSR count). The van der Waals surface area contributed by atoms with E-state index in [2.05, 4.69) is 40.7 Å². The Kier molecular flexibility index (Phi) is 6.26. The van der Waals surface area contributed by atoms with E-state index >= 15 is 0 Å². The first kappa shape index (κ1) is 22.8. The summed E-state index contributed by atoms with van der Waals surface area (Å²) in [4.78, 5) is 0. The molecule has 0 aromatic carbocycles. The first-order chi connectivity index (χ1) is 14.1. The molecule has 4 aliphatic rings. The largest absolute Gasteiger partial charge is 0.393 e. The summed E-state index contributed by atoms with van der Waals surface area (Å²) in [6, 6.07) is 0. The molecule has 2 N–H and O–H groups in total. The summed E-state index contributed by atoms with van der Waals surface area (Å²) in [5.74, 6) is 3.58. The Morgan fingerprint density at radius 2 is 1.90 bits per heavy atom. The van der Waals surface area contributed by atoms with Crippen LogP contribution in [0.5, 0.6) is 0 Å². The molecular weight excluding hydrogens is 368 g/mol. The maximum atomic E-state index is 11.6. The molecule has 0 aromatic rings. The molecule has 1 unspecified atom stereocenters. The molecule has 4 aliphatic carbocycles. The van der Waals surface area contributed by atoms with Crippen molar-refractivity contribution < 1.29 is 10.2 Å². The molecule has 3 fully saturated rings. The highest BCUT2D eigenvalue weighted by atomic mass is 16.3. The summed E-state index contributed by atoms with van der Waals surface area (Å²) < 4.78 is 0. The van der Waals surface area contributed by atoms with Crippen LogP contribution in [0.2, 0.25) is 0 Å². The lowest BCUT2D eigenvalue weighted by atomic mass is 9.46. The predicted molar refractivity (Wildman–Crippen MR) is 125 cm³/mol. The Morgan fingerprint density at radius 3 is 2.63 bits per heavy atom. The normalized spacial score (nSPS) is 46.2. The summed E-state index contributed by atoms with van der Waals surface area (Å²) in [7, 11) is 0. The monoisotopic (exact) mass is 416 g/mol. The minimum absolute atomic E-state index is 0.115. The number of fused-ring (bicyclic) bond motifs is 5. The van der Waals surface area contributed by atoms with Crippen LogP contribution in [0.25, 0.3) is 0 Å². The number of aliphatic hydroxyl groups excluding tert-OH is 1. The van der Waals surface area contributed by atoms with Crippen molar-refractivity contribution in [2.24, 2.45) is 40.4 Å². The van der Waals surface area contributed by atoms with Crippen LogP contribution in [-0.4, -0.2) is 21.9 Å². The number of hydrogen-bond acceptors (Lipinski definition) is 2. The highest BCUT2D eigenvalue weighted by Crippen LogP contribution is 2.67. The Bertz CT molecular complexity index is 651. The lowest BCUT2D eigenvalue weighted by Crippen LogP contribution is -2.53. The van der Waals surface area contributed by atoms with Crippen molar-refractivity contribution in [3.8, 4) is 0 Å². The molecule has 172 valence electrons. The van der Waals surface area contributed by atoms with Gasteiger partial charge in [0.2, 0.25) is 0 Å². The molecule has 30 heavy (non-hydrogen) atoms. The van der Waals surface area contributed by atoms with Gasteiger partial charge in [0.15, 0.2) is 0 Å². The third-order valence-corrected chi connectivity index (χ3v) is 10.9. The third kappa shape index (κ3) is 3.72. The van der Waals surface area contributed by atoms with E-state index in [4.69, 9.17) is 0 Å². The van der Waals surface area contributed by atoms with Gasteiger partial charge in [-0.3, -0.25) is 0 Å². The standard InChI is InChI=1S/C28H48O2/c1-6-19(2)8-7-15-28(5,30)25-12-11-23-22-10-9-20-18-21(29)13-16-26(20,3)24(22)14-17-27(23,25)4/h9,19,21-25,29-30H,6-8,10-18H2,1-5H3/t19?,21-,22-,23-,24-,25-,26-,27-,28-/m0/s1. The second kappa shape index (κ2) is 8.22. The molecule has 0 aliphatic heterocycles. The first-order valence-corrected chi connectivity index (χ1v) is 13.2. The highest BCUT2D eigenvalue weighted by Gasteiger charge is 2.61. The van der Waals surface area contributed by atoms with Gasteiger partial charge in [0.1, 0.15) is 0 Å². The second-order valence-electron chi connectivity index (χ2n) is 12.6. The van der Waals surface area contributed by atoms with Crippen molar-refractivity contribution >= 4 is 0 Å². The van der Waals surface area contributed by atoms with E-state index in [-0.39, 0.29) is 6.10 Å². The Balaban J connectivity index is 1.50. The first-order valence-electron chi connectivity index (χ1n) is 13.2. The van der Waals surface area contributed by atoms with Crippen LogP contribution in [0.4, 0.5) is 0 Å². The lowest BCUT2D eigenvalue weighted by Gasteiger charge is -2.59. The predicted octanol–water partition coefficient (Wildman–Crippen LogP) is 6.89. The minimum atomic E-state index is -0.516. The minimum Gasteiger partial charge on any atom is -0.393 e. The maximum Gasteiger partial charge on any atom is 0.0653 e. The van der Waals surface area contributed by atoms with Crippen molar-refractivity contribution in [1.82, 2.24) is 0 Å². The highest BCUT2D eigenvalue weighted by molar-refractivity contribution is 5.25. The van der Waals surface area contributed by atoms with Crippen LogP contribution in [0, 0.1) is 40.4 Å². The number of aliphatic hydroxyl groups is 2. The van der Waals surface area contributed by atoms with Gasteiger partial charge in [0.05, 0.1) is 11.7 Å². The van der Waals surface area contributed by atoms with Gasteiger partial charge in [-0.1, -0.05) is 58.6 Å². The van der Waals surface area contributed by atoms with E-state index in [9.17, 15) is 10.2 Å². The lowest BCUT2D eigenvalue weighted by molar-refractivity contribution is -0.105. The molecule has 0 amide bonds. The third-order valence-electron chi connectivity index (χ3n) is 10.9. The summed E-state index contributed by atoms with van der Waals surface area (Å²) in [6.45, 7) is 11.8. The van der Waals surface area contributed by atoms with Gasteiger partial charge >= 0.3 is 0 Å². The van der Waals surface area contributed by atoms with Crippen LogP contribution in [-0.2, 0) is 0 Å². The van der Waals surface area contributed by atoms with Crippen LogP contribution >= 0.6 is 0 Å². The molecule has 0 bridgehead atoms. The molecule has 3 saturated carbocycles. The summed E-state index contributed by atoms with van der Waals surface area (Å²) in [6.07, 6.45) is 16.5. The second-order valence-corrected chi connectivity index (χ2v) is 12.6.